The summed E-state index contributed by atoms with van der Waals surface area (Å²) in [5.74, 6) is -0.485. The van der Waals surface area contributed by atoms with Crippen LogP contribution in [0.5, 0.6) is 0 Å². The molecule has 0 amide bonds. The molecule has 1 rings (SSSR count). The molecular formula is C9H13BrClFN2O2S. The van der Waals surface area contributed by atoms with Gasteiger partial charge in [0.15, 0.2) is 0 Å². The number of benzene rings is 1. The monoisotopic (exact) mass is 346 g/mol. The van der Waals surface area contributed by atoms with Gasteiger partial charge in [-0.15, -0.1) is 12.4 Å². The van der Waals surface area contributed by atoms with E-state index < -0.39 is 15.8 Å². The van der Waals surface area contributed by atoms with E-state index in [1.54, 1.807) is 7.05 Å². The topological polar surface area (TPSA) is 58.2 Å². The van der Waals surface area contributed by atoms with Crippen LogP contribution in [-0.4, -0.2) is 28.6 Å². The first-order valence-electron chi connectivity index (χ1n) is 4.56. The molecule has 0 heterocycles. The number of hydrogen-bond donors (Lipinski definition) is 2. The van der Waals surface area contributed by atoms with Gasteiger partial charge in [-0.3, -0.25) is 0 Å². The molecule has 17 heavy (non-hydrogen) atoms. The van der Waals surface area contributed by atoms with Crippen molar-refractivity contribution in [2.45, 2.75) is 4.90 Å². The largest absolute Gasteiger partial charge is 0.318 e. The molecule has 0 radical (unpaired) electrons. The number of halogens is 3. The van der Waals surface area contributed by atoms with Crippen LogP contribution in [0.3, 0.4) is 0 Å². The van der Waals surface area contributed by atoms with E-state index in [9.17, 15) is 12.8 Å². The van der Waals surface area contributed by atoms with Gasteiger partial charge in [-0.2, -0.15) is 0 Å². The fourth-order valence-corrected chi connectivity index (χ4v) is 3.16. The van der Waals surface area contributed by atoms with E-state index in [-0.39, 0.29) is 28.3 Å². The molecule has 0 aromatic heterocycles. The average molecular weight is 348 g/mol. The molecule has 0 aliphatic rings. The number of hydrogen-bond acceptors (Lipinski definition) is 3. The molecule has 0 aliphatic carbocycles. The van der Waals surface area contributed by atoms with Gasteiger partial charge in [-0.05, 0) is 41.2 Å². The van der Waals surface area contributed by atoms with Crippen LogP contribution in [-0.2, 0) is 10.0 Å². The molecule has 0 saturated carbocycles. The lowest BCUT2D eigenvalue weighted by Gasteiger charge is -2.08. The Morgan fingerprint density at radius 2 is 2.00 bits per heavy atom. The van der Waals surface area contributed by atoms with Crippen LogP contribution in [0.2, 0.25) is 0 Å². The van der Waals surface area contributed by atoms with Crippen LogP contribution >= 0.6 is 28.3 Å². The first-order chi connectivity index (χ1) is 7.47. The first kappa shape index (κ1) is 16.8. The van der Waals surface area contributed by atoms with Crippen molar-refractivity contribution < 1.29 is 12.8 Å². The molecule has 0 bridgehead atoms. The zero-order valence-corrected chi connectivity index (χ0v) is 12.3. The fraction of sp³-hybridized carbons (Fsp3) is 0.333. The van der Waals surface area contributed by atoms with Gasteiger partial charge in [-0.25, -0.2) is 17.5 Å². The second kappa shape index (κ2) is 7.27. The summed E-state index contributed by atoms with van der Waals surface area (Å²) in [5, 5.41) is 2.82. The maximum atomic E-state index is 12.8. The highest BCUT2D eigenvalue weighted by Gasteiger charge is 2.16. The van der Waals surface area contributed by atoms with E-state index in [2.05, 4.69) is 26.0 Å². The van der Waals surface area contributed by atoms with Gasteiger partial charge in [-0.1, -0.05) is 0 Å². The van der Waals surface area contributed by atoms with Gasteiger partial charge in [0.2, 0.25) is 10.0 Å². The van der Waals surface area contributed by atoms with Gasteiger partial charge in [0.1, 0.15) is 5.82 Å². The first-order valence-corrected chi connectivity index (χ1v) is 6.84. The quantitative estimate of drug-likeness (QED) is 0.794. The highest BCUT2D eigenvalue weighted by molar-refractivity contribution is 9.10. The standard InChI is InChI=1S/C9H12BrFN2O2S.ClH/c1-12-4-5-13-16(14,15)9-3-2-7(11)6-8(9)10;/h2-3,6,12-13H,4-5H2,1H3;1H. The second-order valence-electron chi connectivity index (χ2n) is 3.08. The van der Waals surface area contributed by atoms with Gasteiger partial charge in [0.05, 0.1) is 4.90 Å². The van der Waals surface area contributed by atoms with Crippen molar-refractivity contribution in [1.82, 2.24) is 10.0 Å². The third-order valence-corrected chi connectivity index (χ3v) is 4.29. The molecule has 0 fully saturated rings. The number of likely N-dealkylation sites (N-methyl/N-ethyl adjacent to an activating group) is 1. The molecule has 0 atom stereocenters. The van der Waals surface area contributed by atoms with Crippen molar-refractivity contribution in [2.75, 3.05) is 20.1 Å². The molecule has 0 unspecified atom stereocenters. The van der Waals surface area contributed by atoms with Crippen LogP contribution in [0.4, 0.5) is 4.39 Å². The molecule has 2 N–H and O–H groups in total. The van der Waals surface area contributed by atoms with E-state index in [0.717, 1.165) is 12.1 Å². The highest BCUT2D eigenvalue weighted by atomic mass is 79.9. The predicted octanol–water partition coefficient (Wildman–Crippen LogP) is 1.51. The maximum absolute atomic E-state index is 12.8. The lowest BCUT2D eigenvalue weighted by molar-refractivity contribution is 0.578. The Kier molecular flexibility index (Phi) is 7.18. The van der Waals surface area contributed by atoms with Crippen molar-refractivity contribution in [1.29, 1.82) is 0 Å². The number of rotatable bonds is 5. The van der Waals surface area contributed by atoms with E-state index in [1.165, 1.54) is 6.07 Å². The Labute approximate surface area is 115 Å². The van der Waals surface area contributed by atoms with Gasteiger partial charge < -0.3 is 5.32 Å². The minimum absolute atomic E-state index is 0. The van der Waals surface area contributed by atoms with Crippen molar-refractivity contribution in [3.8, 4) is 0 Å². The van der Waals surface area contributed by atoms with E-state index >= 15 is 0 Å². The molecule has 0 saturated heterocycles. The van der Waals surface area contributed by atoms with Crippen LogP contribution in [0, 0.1) is 5.82 Å². The van der Waals surface area contributed by atoms with Crippen LogP contribution in [0.25, 0.3) is 0 Å². The van der Waals surface area contributed by atoms with Crippen LogP contribution in [0.1, 0.15) is 0 Å². The van der Waals surface area contributed by atoms with Crippen molar-refractivity contribution >= 4 is 38.4 Å². The molecule has 1 aromatic rings. The molecule has 1 aromatic carbocycles. The lowest BCUT2D eigenvalue weighted by atomic mass is 10.3. The van der Waals surface area contributed by atoms with Gasteiger partial charge in [0.25, 0.3) is 0 Å². The van der Waals surface area contributed by atoms with Crippen molar-refractivity contribution in [3.05, 3.63) is 28.5 Å². The Balaban J connectivity index is 0.00000256. The summed E-state index contributed by atoms with van der Waals surface area (Å²) >= 11 is 3.02. The normalized spacial score (nSPS) is 11.0. The minimum atomic E-state index is -3.58. The zero-order chi connectivity index (χ0) is 12.2. The van der Waals surface area contributed by atoms with Crippen LogP contribution in [0.15, 0.2) is 27.6 Å². The summed E-state index contributed by atoms with van der Waals surface area (Å²) in [6.45, 7) is 0.806. The molecule has 0 spiro atoms. The average Bonchev–Trinajstić information content (AvgIpc) is 2.17. The molecule has 4 nitrogen and oxygen atoms in total. The lowest BCUT2D eigenvalue weighted by Crippen LogP contribution is -2.30. The smallest absolute Gasteiger partial charge is 0.241 e. The summed E-state index contributed by atoms with van der Waals surface area (Å²) in [5.41, 5.74) is 0. The summed E-state index contributed by atoms with van der Waals surface area (Å²) < 4.78 is 38.9. The zero-order valence-electron chi connectivity index (χ0n) is 9.04. The number of nitrogens with one attached hydrogen (secondary N) is 2. The van der Waals surface area contributed by atoms with Gasteiger partial charge in [0, 0.05) is 17.6 Å². The molecule has 0 aliphatic heterocycles. The Hall–Kier alpha value is -0.210. The predicted molar refractivity (Wildman–Crippen MR) is 70.5 cm³/mol. The van der Waals surface area contributed by atoms with E-state index in [1.807, 2.05) is 0 Å². The van der Waals surface area contributed by atoms with Crippen LogP contribution < -0.4 is 10.0 Å². The van der Waals surface area contributed by atoms with Crippen molar-refractivity contribution in [2.24, 2.45) is 0 Å². The third kappa shape index (κ3) is 4.89. The minimum Gasteiger partial charge on any atom is -0.318 e. The summed E-state index contributed by atoms with van der Waals surface area (Å²) in [6.07, 6.45) is 0. The summed E-state index contributed by atoms with van der Waals surface area (Å²) in [4.78, 5) is 0.0324. The Morgan fingerprint density at radius 3 is 2.53 bits per heavy atom. The maximum Gasteiger partial charge on any atom is 0.241 e. The second-order valence-corrected chi connectivity index (χ2v) is 5.67. The Bertz CT molecular complexity index is 470. The highest BCUT2D eigenvalue weighted by Crippen LogP contribution is 2.22. The molecular weight excluding hydrogens is 335 g/mol. The SMILES string of the molecule is CNCCNS(=O)(=O)c1ccc(F)cc1Br.Cl. The fourth-order valence-electron chi connectivity index (χ4n) is 1.08. The van der Waals surface area contributed by atoms with E-state index in [4.69, 9.17) is 0 Å². The summed E-state index contributed by atoms with van der Waals surface area (Å²) in [6, 6.07) is 3.45. The molecule has 8 heteroatoms. The van der Waals surface area contributed by atoms with Gasteiger partial charge >= 0.3 is 0 Å². The summed E-state index contributed by atoms with van der Waals surface area (Å²) in [7, 11) is -1.86. The number of sulfonamides is 1. The molecule has 98 valence electrons. The van der Waals surface area contributed by atoms with E-state index in [0.29, 0.717) is 6.54 Å². The third-order valence-electron chi connectivity index (χ3n) is 1.85. The van der Waals surface area contributed by atoms with Crippen molar-refractivity contribution in [3.63, 3.8) is 0 Å². The Morgan fingerprint density at radius 1 is 1.35 bits per heavy atom.